The molecule has 0 radical (unpaired) electrons. The van der Waals surface area contributed by atoms with E-state index in [-0.39, 0.29) is 162 Å². The number of thioether (sulfide) groups is 1. The van der Waals surface area contributed by atoms with Crippen LogP contribution in [0.2, 0.25) is 0 Å². The minimum absolute atomic E-state index is 0. The van der Waals surface area contributed by atoms with Crippen LogP contribution in [0.4, 0.5) is 0 Å². The molecule has 1 saturated heterocycles. The first-order valence-corrected chi connectivity index (χ1v) is 40.9. The van der Waals surface area contributed by atoms with Gasteiger partial charge < -0.3 is 62.8 Å². The number of hydrogen-bond acceptors (Lipinski definition) is 13. The molecule has 0 spiro atoms. The number of likely N-dealkylation sites (N-methyl/N-ethyl adjacent to an activating group) is 1. The van der Waals surface area contributed by atoms with Crippen LogP contribution in [0.15, 0.2) is 97.1 Å². The van der Waals surface area contributed by atoms with Crippen molar-refractivity contribution < 1.29 is 57.5 Å². The number of amides is 11. The van der Waals surface area contributed by atoms with E-state index in [1.54, 1.807) is 42.2 Å². The van der Waals surface area contributed by atoms with Crippen molar-refractivity contribution in [1.82, 2.24) is 58.1 Å². The van der Waals surface area contributed by atoms with Gasteiger partial charge in [-0.3, -0.25) is 52.7 Å². The summed E-state index contributed by atoms with van der Waals surface area (Å²) in [4.78, 5) is 118. The largest absolute Gasteiger partial charge is 0.385 e. The normalized spacial score (nSPS) is 8.97. The summed E-state index contributed by atoms with van der Waals surface area (Å²) in [5.74, 6) is 2.92. The van der Waals surface area contributed by atoms with Gasteiger partial charge in [0.1, 0.15) is 0 Å². The summed E-state index contributed by atoms with van der Waals surface area (Å²) in [6, 6.07) is 31.1. The number of ether oxygens (including phenoxy) is 1. The molecule has 0 unspecified atom stereocenters. The number of piperidine rings is 1. The Morgan fingerprint density at radius 1 is 0.363 bits per heavy atom. The fourth-order valence-corrected chi connectivity index (χ4v) is 7.74. The molecule has 1 fully saturated rings. The number of carbonyl (C=O) groups is 11. The lowest BCUT2D eigenvalue weighted by Gasteiger charge is -2.31. The first kappa shape index (κ1) is 169. The second-order valence-corrected chi connectivity index (χ2v) is 26.3. The first-order chi connectivity index (χ1) is 52.7. The molecule has 0 atom stereocenters. The van der Waals surface area contributed by atoms with Gasteiger partial charge in [0.2, 0.25) is 53.2 Å². The molecule has 1 aliphatic rings. The van der Waals surface area contributed by atoms with Crippen LogP contribution in [0, 0.1) is 33.6 Å². The molecule has 1 heterocycles. The zero-order chi connectivity index (χ0) is 86.6. The summed E-state index contributed by atoms with van der Waals surface area (Å²) in [6.07, 6.45) is 16.7. The van der Waals surface area contributed by atoms with Gasteiger partial charge >= 0.3 is 0 Å². The Labute approximate surface area is 773 Å². The Balaban J connectivity index is -0.0000000492. The van der Waals surface area contributed by atoms with Crippen LogP contribution in [-0.4, -0.2) is 176 Å². The molecule has 1 aliphatic heterocycles. The molecule has 4 aromatic rings. The van der Waals surface area contributed by atoms with Gasteiger partial charge in [-0.25, -0.2) is 0 Å². The van der Waals surface area contributed by atoms with Crippen molar-refractivity contribution in [3.63, 3.8) is 0 Å². The van der Waals surface area contributed by atoms with Crippen molar-refractivity contribution in [1.29, 1.82) is 0 Å². The highest BCUT2D eigenvalue weighted by Crippen LogP contribution is 2.21. The smallest absolute Gasteiger partial charge is 0.251 e. The Kier molecular flexibility index (Phi) is 174. The number of nitrogens with one attached hydrogen (secondary N) is 10. The number of rotatable bonds is 25. The van der Waals surface area contributed by atoms with E-state index >= 15 is 0 Å². The van der Waals surface area contributed by atoms with Crippen LogP contribution in [-0.2, 0) is 60.7 Å². The maximum atomic E-state index is 11.5. The number of unbranched alkanes of at least 4 members (excludes halogenated alkanes) is 2. The average Bonchev–Trinajstić information content (AvgIpc) is 0.917. The molecular formula is C100H207N11O12S. The second kappa shape index (κ2) is 127. The molecule has 4 aromatic carbocycles. The van der Waals surface area contributed by atoms with Crippen LogP contribution in [0.25, 0.3) is 0 Å². The van der Waals surface area contributed by atoms with Gasteiger partial charge in [0.25, 0.3) is 11.8 Å². The molecular weight excluding hydrogens is 1580 g/mol. The monoisotopic (exact) mass is 1790 g/mol. The minimum atomic E-state index is -0.0370. The van der Waals surface area contributed by atoms with Gasteiger partial charge in [-0.1, -0.05) is 280 Å². The quantitative estimate of drug-likeness (QED) is 0.0276. The molecule has 5 rings (SSSR count). The van der Waals surface area contributed by atoms with E-state index in [4.69, 9.17) is 0 Å². The topological polar surface area (TPSA) is 321 Å². The van der Waals surface area contributed by atoms with Crippen LogP contribution >= 0.6 is 11.8 Å². The molecule has 740 valence electrons. The third-order valence-corrected chi connectivity index (χ3v) is 15.2. The number of benzene rings is 4. The van der Waals surface area contributed by atoms with Crippen molar-refractivity contribution in [3.8, 4) is 0 Å². The van der Waals surface area contributed by atoms with Gasteiger partial charge in [0.05, 0.1) is 12.8 Å². The lowest BCUT2D eigenvalue weighted by molar-refractivity contribution is -0.130. The number of methoxy groups -OCH3 is 1. The van der Waals surface area contributed by atoms with Gasteiger partial charge in [-0.15, -0.1) is 0 Å². The SMILES string of the molecule is C.C.C.C.C.C.C.C.C.C.C.C.C.CCC(=O)NC.CCCC1CCN(C(C)=O)CC1.CCCCNC(=O)CC.CCCCNC(=O)Cc1ccc(C)cc1.CCCNC(=O)c1ccc(C)cc1.CCCNC(C)=O.CCCNC(C)=O.CCNC(C)=O.CCOC.CCSC.CNC(=O)Cc1ccc(C)cc1.CNC(=O)c1ccc(C)cc1.CNC(C)=O. The van der Waals surface area contributed by atoms with E-state index in [9.17, 15) is 52.7 Å². The van der Waals surface area contributed by atoms with Crippen molar-refractivity contribution in [2.24, 2.45) is 5.92 Å². The Hall–Kier alpha value is -8.64. The van der Waals surface area contributed by atoms with E-state index < -0.39 is 0 Å². The summed E-state index contributed by atoms with van der Waals surface area (Å²) in [5, 5.41) is 26.4. The summed E-state index contributed by atoms with van der Waals surface area (Å²) in [5.41, 5.74) is 8.36. The van der Waals surface area contributed by atoms with Crippen LogP contribution in [0.3, 0.4) is 0 Å². The van der Waals surface area contributed by atoms with Crippen LogP contribution < -0.4 is 53.2 Å². The minimum Gasteiger partial charge on any atom is -0.385 e. The number of aryl methyl sites for hydroxylation is 4. The van der Waals surface area contributed by atoms with E-state index in [1.165, 1.54) is 75.8 Å². The molecule has 10 N–H and O–H groups in total. The predicted octanol–water partition coefficient (Wildman–Crippen LogP) is 22.0. The van der Waals surface area contributed by atoms with Gasteiger partial charge in [0, 0.05) is 153 Å². The first-order valence-electron chi connectivity index (χ1n) is 39.5. The summed E-state index contributed by atoms with van der Waals surface area (Å²) in [6.45, 7) is 45.5. The lowest BCUT2D eigenvalue weighted by Crippen LogP contribution is -2.36. The summed E-state index contributed by atoms with van der Waals surface area (Å²) in [7, 11) is 8.19. The zero-order valence-electron chi connectivity index (χ0n) is 73.7. The molecule has 0 aliphatic carbocycles. The van der Waals surface area contributed by atoms with E-state index in [1.807, 2.05) is 190 Å². The zero-order valence-corrected chi connectivity index (χ0v) is 74.6. The van der Waals surface area contributed by atoms with Crippen molar-refractivity contribution in [3.05, 3.63) is 142 Å². The molecule has 0 bridgehead atoms. The fraction of sp³-hybridized carbons (Fsp3) is 0.650. The van der Waals surface area contributed by atoms with Gasteiger partial charge in [-0.05, 0) is 140 Å². The number of carbonyl (C=O) groups excluding carboxylic acids is 11. The molecule has 11 amide bonds. The molecule has 124 heavy (non-hydrogen) atoms. The summed E-state index contributed by atoms with van der Waals surface area (Å²) >= 11 is 1.86. The number of hydrogen-bond donors (Lipinski definition) is 10. The van der Waals surface area contributed by atoms with Gasteiger partial charge in [-0.2, -0.15) is 11.8 Å². The summed E-state index contributed by atoms with van der Waals surface area (Å²) < 4.78 is 4.54. The Morgan fingerprint density at radius 2 is 0.661 bits per heavy atom. The lowest BCUT2D eigenvalue weighted by atomic mass is 9.92. The maximum Gasteiger partial charge on any atom is 0.251 e. The highest BCUT2D eigenvalue weighted by molar-refractivity contribution is 7.98. The van der Waals surface area contributed by atoms with Crippen molar-refractivity contribution in [2.45, 2.75) is 331 Å². The average molecular weight is 1790 g/mol. The van der Waals surface area contributed by atoms with E-state index in [0.29, 0.717) is 31.2 Å². The number of nitrogens with zero attached hydrogens (tertiary/aromatic N) is 1. The molecule has 23 nitrogen and oxygen atoms in total. The van der Waals surface area contributed by atoms with Crippen LogP contribution in [0.5, 0.6) is 0 Å². The maximum absolute atomic E-state index is 11.5. The van der Waals surface area contributed by atoms with E-state index in [0.717, 1.165) is 132 Å². The van der Waals surface area contributed by atoms with Crippen molar-refractivity contribution in [2.75, 3.05) is 106 Å². The third kappa shape index (κ3) is 134. The van der Waals surface area contributed by atoms with Crippen molar-refractivity contribution >= 4 is 76.7 Å². The highest BCUT2D eigenvalue weighted by Gasteiger charge is 2.19. The Bertz CT molecular complexity index is 2880. The fourth-order valence-electron chi connectivity index (χ4n) is 7.74. The second-order valence-electron chi connectivity index (χ2n) is 25.1. The molecule has 0 aromatic heterocycles. The molecule has 0 saturated carbocycles. The van der Waals surface area contributed by atoms with Crippen LogP contribution in [0.1, 0.15) is 345 Å². The highest BCUT2D eigenvalue weighted by atomic mass is 32.2. The molecule has 24 heteroatoms. The number of likely N-dealkylation sites (tertiary alicyclic amines) is 1. The third-order valence-electron chi connectivity index (χ3n) is 14.6. The Morgan fingerprint density at radius 3 is 0.879 bits per heavy atom. The standard InChI is InChI=1S/C13H19NO.C11H15NO.C10H13NO.C10H19NO.C9H11NO.C7H15NO.2C5H11NO.2C4H9NO.C3H7NO.C3H8O.C3H8S.13CH4/c1-3-4-9-14-13(15)10-12-7-5-11(2)6-8-12;1-3-8-12-11(13)10-6-4-9(2)5-7-10;1-8-3-5-9(6-4-8)7-10(12)11-2;1-3-4-10-5-7-11(8-6-10)9(2)12;1-7-3-5-8(6-4-7)9(11)10-2;1-3-5-6-8-7(9)4-2;2*1-3-4-6-5(2)7;1-3-4(6)5-2;1-3-5-4(2)6;1-3(5)4-2;2*1-3-4-2;;;;;;;;;;;;;/h5-8H,3-4,9-10H2,1-2H3,(H,14,15);4-7H,3,8H2,1-2H3,(H,12,13);3-6H,7H2,1-2H3,(H,11,12);10H,3-8H2,1-2H3;3-6H,1-2H3,(H,10,11);3-6H2,1-2H3,(H,8,9);2*3-4H2,1-2H3,(H,6,7);2*3H2,1-2H3,(H,5,6);1-2H3,(H,4,5);2*3H2,1-2H3;13*1H4. The van der Waals surface area contributed by atoms with Gasteiger partial charge in [0.15, 0.2) is 0 Å². The predicted molar refractivity (Wildman–Crippen MR) is 554 cm³/mol. The van der Waals surface area contributed by atoms with E-state index in [2.05, 4.69) is 91.9 Å².